The van der Waals surface area contributed by atoms with E-state index < -0.39 is 0 Å². The van der Waals surface area contributed by atoms with E-state index >= 15 is 0 Å². The average Bonchev–Trinajstić information content (AvgIpc) is 2.57. The highest BCUT2D eigenvalue weighted by atomic mass is 13.8. The lowest BCUT2D eigenvalue weighted by molar-refractivity contribution is 0.816. The van der Waals surface area contributed by atoms with E-state index in [0.717, 1.165) is 6.42 Å². The van der Waals surface area contributed by atoms with Crippen LogP contribution in [0.25, 0.3) is 0 Å². The van der Waals surface area contributed by atoms with E-state index in [2.05, 4.69) is 54.0 Å². The van der Waals surface area contributed by atoms with Gasteiger partial charge in [0.1, 0.15) is 0 Å². The summed E-state index contributed by atoms with van der Waals surface area (Å²) in [4.78, 5) is 0. The lowest BCUT2D eigenvalue weighted by Gasteiger charge is -1.81. The summed E-state index contributed by atoms with van der Waals surface area (Å²) in [5.74, 6) is 0. The van der Waals surface area contributed by atoms with Crippen molar-refractivity contribution in [3.8, 4) is 0 Å². The van der Waals surface area contributed by atoms with Crippen LogP contribution >= 0.6 is 0 Å². The topological polar surface area (TPSA) is 0 Å². The van der Waals surface area contributed by atoms with Crippen molar-refractivity contribution in [2.75, 3.05) is 0 Å². The summed E-state index contributed by atoms with van der Waals surface area (Å²) in [6, 6.07) is 0. The molecule has 0 aliphatic rings. The Hall–Kier alpha value is -1.04. The first-order valence-electron chi connectivity index (χ1n) is 9.09. The zero-order valence-corrected chi connectivity index (χ0v) is 16.2. The Morgan fingerprint density at radius 3 is 0.773 bits per heavy atom. The van der Waals surface area contributed by atoms with Crippen molar-refractivity contribution in [1.82, 2.24) is 0 Å². The van der Waals surface area contributed by atoms with Gasteiger partial charge in [0.05, 0.1) is 0 Å². The van der Waals surface area contributed by atoms with Crippen LogP contribution in [0.4, 0.5) is 0 Å². The summed E-state index contributed by atoms with van der Waals surface area (Å²) < 4.78 is 0. The molecule has 0 aromatic rings. The number of hydrogen-bond acceptors (Lipinski definition) is 0. The standard InChI is InChI=1S/3C6H12.C4H8/c3*1-3-5-6-4-2;1-3-4-2/h3*3H,1,4-6H2,2H3;3H,1,4H2,2H3. The van der Waals surface area contributed by atoms with Crippen LogP contribution in [0.15, 0.2) is 50.6 Å². The summed E-state index contributed by atoms with van der Waals surface area (Å²) in [6.07, 6.45) is 20.1. The van der Waals surface area contributed by atoms with Crippen LogP contribution in [0.2, 0.25) is 0 Å². The SMILES string of the molecule is C=CCC.C=CCCCC.C=CCCCC.C=CCCCC. The number of rotatable bonds is 10. The van der Waals surface area contributed by atoms with Crippen LogP contribution in [0.3, 0.4) is 0 Å². The highest BCUT2D eigenvalue weighted by molar-refractivity contribution is 4.65. The summed E-state index contributed by atoms with van der Waals surface area (Å²) in [7, 11) is 0. The van der Waals surface area contributed by atoms with Crippen molar-refractivity contribution in [3.63, 3.8) is 0 Å². The zero-order valence-electron chi connectivity index (χ0n) is 16.2. The van der Waals surface area contributed by atoms with E-state index in [1.165, 1.54) is 57.8 Å². The van der Waals surface area contributed by atoms with E-state index in [-0.39, 0.29) is 0 Å². The Morgan fingerprint density at radius 1 is 0.500 bits per heavy atom. The lowest BCUT2D eigenvalue weighted by Crippen LogP contribution is -1.61. The van der Waals surface area contributed by atoms with Gasteiger partial charge in [0.25, 0.3) is 0 Å². The smallest absolute Gasteiger partial charge is 0.0354 e. The maximum absolute atomic E-state index is 3.60. The van der Waals surface area contributed by atoms with Crippen LogP contribution in [-0.4, -0.2) is 0 Å². The number of unbranched alkanes of at least 4 members (excludes halogenated alkanes) is 6. The predicted molar refractivity (Wildman–Crippen MR) is 110 cm³/mol. The van der Waals surface area contributed by atoms with Gasteiger partial charge in [-0.3, -0.25) is 0 Å². The van der Waals surface area contributed by atoms with E-state index in [0.29, 0.717) is 0 Å². The molecule has 0 N–H and O–H groups in total. The Kier molecular flexibility index (Phi) is 56.4. The minimum absolute atomic E-state index is 1.08. The minimum Gasteiger partial charge on any atom is -0.103 e. The molecule has 0 radical (unpaired) electrons. The van der Waals surface area contributed by atoms with Gasteiger partial charge in [-0.15, -0.1) is 26.3 Å². The first-order valence-corrected chi connectivity index (χ1v) is 9.09. The third-order valence-electron chi connectivity index (χ3n) is 2.57. The maximum atomic E-state index is 3.60. The molecule has 0 heterocycles. The van der Waals surface area contributed by atoms with E-state index in [1.807, 2.05) is 24.3 Å². The molecule has 0 aromatic carbocycles. The molecule has 22 heavy (non-hydrogen) atoms. The molecule has 0 amide bonds. The van der Waals surface area contributed by atoms with Gasteiger partial charge < -0.3 is 0 Å². The second-order valence-corrected chi connectivity index (χ2v) is 4.99. The van der Waals surface area contributed by atoms with Crippen LogP contribution in [0, 0.1) is 0 Å². The quantitative estimate of drug-likeness (QED) is 0.280. The molecule has 0 aliphatic heterocycles. The summed E-state index contributed by atoms with van der Waals surface area (Å²) in [5, 5.41) is 0. The second-order valence-electron chi connectivity index (χ2n) is 4.99. The molecule has 0 unspecified atom stereocenters. The highest BCUT2D eigenvalue weighted by Crippen LogP contribution is 1.92. The van der Waals surface area contributed by atoms with Gasteiger partial charge in [0.15, 0.2) is 0 Å². The Morgan fingerprint density at radius 2 is 0.727 bits per heavy atom. The van der Waals surface area contributed by atoms with Crippen molar-refractivity contribution in [2.24, 2.45) is 0 Å². The first-order chi connectivity index (χ1) is 10.7. The Bertz CT molecular complexity index is 160. The van der Waals surface area contributed by atoms with Gasteiger partial charge in [-0.1, -0.05) is 90.5 Å². The van der Waals surface area contributed by atoms with Gasteiger partial charge in [0, 0.05) is 0 Å². The molecule has 0 bridgehead atoms. The maximum Gasteiger partial charge on any atom is -0.0354 e. The molecule has 132 valence electrons. The zero-order chi connectivity index (χ0) is 17.9. The van der Waals surface area contributed by atoms with Crippen LogP contribution < -0.4 is 0 Å². The average molecular weight is 309 g/mol. The summed E-state index contributed by atoms with van der Waals surface area (Å²) >= 11 is 0. The van der Waals surface area contributed by atoms with Crippen molar-refractivity contribution in [3.05, 3.63) is 50.6 Å². The normalized spacial score (nSPS) is 7.82. The Balaban J connectivity index is -0.0000000994. The molecule has 0 rings (SSSR count). The van der Waals surface area contributed by atoms with Crippen molar-refractivity contribution in [2.45, 2.75) is 91.9 Å². The Labute approximate surface area is 143 Å². The molecular formula is C22H44. The predicted octanol–water partition coefficient (Wildman–Crippen LogP) is 8.67. The van der Waals surface area contributed by atoms with Crippen LogP contribution in [-0.2, 0) is 0 Å². The molecule has 0 saturated carbocycles. The fourth-order valence-electron chi connectivity index (χ4n) is 1.05. The minimum atomic E-state index is 1.08. The highest BCUT2D eigenvalue weighted by Gasteiger charge is 1.72. The van der Waals surface area contributed by atoms with Crippen molar-refractivity contribution >= 4 is 0 Å². The van der Waals surface area contributed by atoms with Crippen molar-refractivity contribution in [1.29, 1.82) is 0 Å². The number of allylic oxidation sites excluding steroid dienone is 4. The third-order valence-corrected chi connectivity index (χ3v) is 2.57. The molecule has 0 aromatic heterocycles. The largest absolute Gasteiger partial charge is 0.103 e. The van der Waals surface area contributed by atoms with Gasteiger partial charge in [-0.05, 0) is 25.7 Å². The molecule has 0 aliphatic carbocycles. The lowest BCUT2D eigenvalue weighted by atomic mass is 10.3. The molecule has 0 heteroatoms. The molecule has 0 nitrogen and oxygen atoms in total. The summed E-state index contributed by atoms with van der Waals surface area (Å²) in [5.41, 5.74) is 0. The van der Waals surface area contributed by atoms with Gasteiger partial charge in [-0.2, -0.15) is 0 Å². The van der Waals surface area contributed by atoms with Gasteiger partial charge in [0.2, 0.25) is 0 Å². The molecule has 0 fully saturated rings. The molecule has 0 spiro atoms. The summed E-state index contributed by atoms with van der Waals surface area (Å²) in [6.45, 7) is 22.9. The second kappa shape index (κ2) is 42.7. The molecular weight excluding hydrogens is 264 g/mol. The van der Waals surface area contributed by atoms with Gasteiger partial charge in [-0.25, -0.2) is 0 Å². The van der Waals surface area contributed by atoms with Crippen LogP contribution in [0.5, 0.6) is 0 Å². The molecule has 0 saturated heterocycles. The fraction of sp³-hybridized carbons (Fsp3) is 0.636. The van der Waals surface area contributed by atoms with E-state index in [1.54, 1.807) is 0 Å². The third kappa shape index (κ3) is 76.2. The molecule has 0 atom stereocenters. The van der Waals surface area contributed by atoms with Crippen molar-refractivity contribution < 1.29 is 0 Å². The van der Waals surface area contributed by atoms with E-state index in [4.69, 9.17) is 0 Å². The van der Waals surface area contributed by atoms with E-state index in [9.17, 15) is 0 Å². The number of hydrogen-bond donors (Lipinski definition) is 0. The van der Waals surface area contributed by atoms with Gasteiger partial charge >= 0.3 is 0 Å². The monoisotopic (exact) mass is 308 g/mol. The first kappa shape index (κ1) is 29.0. The van der Waals surface area contributed by atoms with Crippen LogP contribution in [0.1, 0.15) is 91.9 Å². The fourth-order valence-corrected chi connectivity index (χ4v) is 1.05.